The van der Waals surface area contributed by atoms with Crippen molar-refractivity contribution in [3.8, 4) is 11.5 Å². The lowest BCUT2D eigenvalue weighted by atomic mass is 9.97. The quantitative estimate of drug-likeness (QED) is 0.567. The number of ether oxygens (including phenoxy) is 2. The van der Waals surface area contributed by atoms with Crippen molar-refractivity contribution in [1.29, 1.82) is 0 Å². The van der Waals surface area contributed by atoms with Gasteiger partial charge in [-0.2, -0.15) is 0 Å². The number of fused-ring (bicyclic) bond motifs is 1. The van der Waals surface area contributed by atoms with Crippen LogP contribution in [0.1, 0.15) is 54.9 Å². The molecule has 0 radical (unpaired) electrons. The van der Waals surface area contributed by atoms with Crippen LogP contribution in [0.2, 0.25) is 5.02 Å². The maximum absolute atomic E-state index is 12.4. The molecule has 2 rings (SSSR count). The number of benzene rings is 1. The molecule has 28 heavy (non-hydrogen) atoms. The summed E-state index contributed by atoms with van der Waals surface area (Å²) in [6, 6.07) is 0.952. The zero-order chi connectivity index (χ0) is 20.7. The molecule has 0 atom stereocenters. The number of halogens is 1. The van der Waals surface area contributed by atoms with Crippen molar-refractivity contribution in [3.63, 3.8) is 0 Å². The second kappa shape index (κ2) is 10.1. The Morgan fingerprint density at radius 2 is 1.93 bits per heavy atom. The average Bonchev–Trinajstić information content (AvgIpc) is 2.62. The van der Waals surface area contributed by atoms with Gasteiger partial charge in [0, 0.05) is 31.4 Å². The molecule has 152 valence electrons. The predicted molar refractivity (Wildman–Crippen MR) is 102 cm³/mol. The maximum Gasteiger partial charge on any atom is 0.342 e. The minimum atomic E-state index is -0.825. The predicted octanol–water partition coefficient (Wildman–Crippen LogP) is 3.47. The van der Waals surface area contributed by atoms with Crippen LogP contribution in [0.4, 0.5) is 0 Å². The van der Waals surface area contributed by atoms with Crippen LogP contribution in [0.25, 0.3) is 0 Å². The van der Waals surface area contributed by atoms with Crippen molar-refractivity contribution >= 4 is 29.3 Å². The first kappa shape index (κ1) is 21.8. The van der Waals surface area contributed by atoms with Gasteiger partial charge in [-0.1, -0.05) is 17.7 Å². The Morgan fingerprint density at radius 1 is 1.21 bits per heavy atom. The van der Waals surface area contributed by atoms with Gasteiger partial charge in [0.2, 0.25) is 0 Å². The molecule has 0 aromatic heterocycles. The Bertz CT molecular complexity index is 798. The van der Waals surface area contributed by atoms with Crippen molar-refractivity contribution < 1.29 is 34.1 Å². The summed E-state index contributed by atoms with van der Waals surface area (Å²) >= 11 is 6.07. The highest BCUT2D eigenvalue weighted by Crippen LogP contribution is 2.37. The van der Waals surface area contributed by atoms with E-state index >= 15 is 0 Å². The van der Waals surface area contributed by atoms with Gasteiger partial charge in [0.05, 0.1) is 11.6 Å². The normalized spacial score (nSPS) is 18.3. The Labute approximate surface area is 167 Å². The molecule has 1 heterocycles. The second-order valence-corrected chi connectivity index (χ2v) is 6.95. The Morgan fingerprint density at radius 3 is 2.64 bits per heavy atom. The van der Waals surface area contributed by atoms with Crippen LogP contribution in [-0.2, 0) is 25.5 Å². The molecule has 0 fully saturated rings. The summed E-state index contributed by atoms with van der Waals surface area (Å²) < 4.78 is 10.2. The molecule has 0 unspecified atom stereocenters. The van der Waals surface area contributed by atoms with Crippen LogP contribution in [0, 0.1) is 0 Å². The maximum atomic E-state index is 12.4. The van der Waals surface area contributed by atoms with Crippen LogP contribution in [0.3, 0.4) is 0 Å². The first-order valence-corrected chi connectivity index (χ1v) is 9.40. The number of esters is 2. The number of ketones is 1. The molecule has 1 aromatic carbocycles. The van der Waals surface area contributed by atoms with E-state index in [1.165, 1.54) is 6.92 Å². The third-order valence-corrected chi connectivity index (χ3v) is 4.77. The number of phenolic OH excluding ortho intramolecular Hbond substituents is 2. The number of rotatable bonds is 2. The van der Waals surface area contributed by atoms with Crippen LogP contribution >= 0.6 is 11.6 Å². The van der Waals surface area contributed by atoms with E-state index in [9.17, 15) is 24.6 Å². The lowest BCUT2D eigenvalue weighted by Crippen LogP contribution is -2.14. The van der Waals surface area contributed by atoms with Crippen LogP contribution in [0.15, 0.2) is 17.7 Å². The number of phenols is 2. The molecule has 2 N–H and O–H groups in total. The molecule has 1 aliphatic heterocycles. The fraction of sp³-hybridized carbons (Fsp3) is 0.450. The van der Waals surface area contributed by atoms with Gasteiger partial charge >= 0.3 is 11.9 Å². The Balaban J connectivity index is 2.26. The van der Waals surface area contributed by atoms with Gasteiger partial charge in [0.1, 0.15) is 29.5 Å². The minimum Gasteiger partial charge on any atom is -0.507 e. The number of hydrogen-bond acceptors (Lipinski definition) is 7. The summed E-state index contributed by atoms with van der Waals surface area (Å²) in [6.07, 6.45) is 4.30. The molecule has 0 bridgehead atoms. The van der Waals surface area contributed by atoms with E-state index < -0.39 is 17.5 Å². The molecular formula is C20H23ClO7. The largest absolute Gasteiger partial charge is 0.507 e. The van der Waals surface area contributed by atoms with Gasteiger partial charge in [0.25, 0.3) is 0 Å². The van der Waals surface area contributed by atoms with E-state index in [1.807, 2.05) is 6.08 Å². The van der Waals surface area contributed by atoms with E-state index in [4.69, 9.17) is 21.1 Å². The first-order chi connectivity index (χ1) is 13.3. The lowest BCUT2D eigenvalue weighted by Gasteiger charge is -2.15. The number of cyclic esters (lactones) is 1. The van der Waals surface area contributed by atoms with E-state index in [0.717, 1.165) is 18.1 Å². The van der Waals surface area contributed by atoms with Crippen molar-refractivity contribution in [3.05, 3.63) is 33.9 Å². The number of hydrogen-bond donors (Lipinski definition) is 2. The first-order valence-electron chi connectivity index (χ1n) is 9.03. The van der Waals surface area contributed by atoms with Crippen LogP contribution < -0.4 is 0 Å². The molecule has 0 amide bonds. The van der Waals surface area contributed by atoms with E-state index in [1.54, 1.807) is 0 Å². The zero-order valence-corrected chi connectivity index (χ0v) is 16.4. The Hall–Kier alpha value is -2.54. The summed E-state index contributed by atoms with van der Waals surface area (Å²) in [4.78, 5) is 35.8. The monoisotopic (exact) mass is 410 g/mol. The fourth-order valence-corrected chi connectivity index (χ4v) is 3.17. The number of Topliss-reactive ketones (excluding diaryl/α,β-unsaturated/α-hetero) is 1. The molecule has 1 aliphatic rings. The van der Waals surface area contributed by atoms with Crippen molar-refractivity contribution in [2.75, 3.05) is 13.2 Å². The zero-order valence-electron chi connectivity index (χ0n) is 15.6. The highest BCUT2D eigenvalue weighted by Gasteiger charge is 2.25. The van der Waals surface area contributed by atoms with Crippen molar-refractivity contribution in [1.82, 2.24) is 0 Å². The molecule has 8 heteroatoms. The Kier molecular flexibility index (Phi) is 7.87. The molecule has 0 saturated heterocycles. The van der Waals surface area contributed by atoms with E-state index in [2.05, 4.69) is 0 Å². The van der Waals surface area contributed by atoms with Gasteiger partial charge in [-0.15, -0.1) is 0 Å². The summed E-state index contributed by atoms with van der Waals surface area (Å²) in [5.41, 5.74) is 0.751. The van der Waals surface area contributed by atoms with Gasteiger partial charge < -0.3 is 19.7 Å². The van der Waals surface area contributed by atoms with Gasteiger partial charge in [-0.05, 0) is 31.3 Å². The lowest BCUT2D eigenvalue weighted by molar-refractivity contribution is -0.140. The van der Waals surface area contributed by atoms with E-state index in [0.29, 0.717) is 19.3 Å². The second-order valence-electron chi connectivity index (χ2n) is 6.57. The molecule has 7 nitrogen and oxygen atoms in total. The molecule has 0 saturated carbocycles. The molecule has 0 aliphatic carbocycles. The van der Waals surface area contributed by atoms with Crippen LogP contribution in [-0.4, -0.2) is 41.1 Å². The van der Waals surface area contributed by atoms with Gasteiger partial charge in [-0.25, -0.2) is 4.79 Å². The smallest absolute Gasteiger partial charge is 0.342 e. The number of aromatic hydroxyl groups is 2. The summed E-state index contributed by atoms with van der Waals surface area (Å²) in [5, 5.41) is 19.8. The molecular weight excluding hydrogens is 388 g/mol. The van der Waals surface area contributed by atoms with E-state index in [-0.39, 0.29) is 54.0 Å². The summed E-state index contributed by atoms with van der Waals surface area (Å²) in [5.74, 6) is -2.28. The highest BCUT2D eigenvalue weighted by atomic mass is 35.5. The fourth-order valence-electron chi connectivity index (χ4n) is 2.95. The topological polar surface area (TPSA) is 110 Å². The highest BCUT2D eigenvalue weighted by molar-refractivity contribution is 6.33. The minimum absolute atomic E-state index is 0.0354. The summed E-state index contributed by atoms with van der Waals surface area (Å²) in [7, 11) is 0. The van der Waals surface area contributed by atoms with Crippen molar-refractivity contribution in [2.45, 2.75) is 45.4 Å². The summed E-state index contributed by atoms with van der Waals surface area (Å²) in [6.45, 7) is 1.53. The SMILES string of the molecule is CC(=O)OC/C1=C/CCOC(=O)c2c(O)cc(O)c(Cl)c2CC(=O)CCCC1. The van der Waals surface area contributed by atoms with Crippen molar-refractivity contribution in [2.24, 2.45) is 0 Å². The number of carbonyl (C=O) groups excluding carboxylic acids is 3. The standard InChI is InChI=1S/C20H23ClO7/c1-12(22)28-11-13-5-2-3-7-14(23)9-15-18(20(26)27-8-4-6-13)16(24)10-17(25)19(15)21/h6,10,24-25H,2-5,7-9,11H2,1H3/b13-6+. The van der Waals surface area contributed by atoms with Gasteiger partial charge in [0.15, 0.2) is 0 Å². The van der Waals surface area contributed by atoms with Crippen LogP contribution in [0.5, 0.6) is 11.5 Å². The third-order valence-electron chi connectivity index (χ3n) is 4.35. The number of carbonyl (C=O) groups is 3. The molecule has 0 spiro atoms. The van der Waals surface area contributed by atoms with Gasteiger partial charge in [-0.3, -0.25) is 9.59 Å². The molecule has 1 aromatic rings. The third kappa shape index (κ3) is 5.99. The average molecular weight is 411 g/mol.